The first-order valence-corrected chi connectivity index (χ1v) is 12.2. The van der Waals surface area contributed by atoms with Gasteiger partial charge in [0.25, 0.3) is 0 Å². The van der Waals surface area contributed by atoms with E-state index in [4.69, 9.17) is 0 Å². The topological polar surface area (TPSA) is 0 Å². The van der Waals surface area contributed by atoms with Gasteiger partial charge >= 0.3 is 0 Å². The number of fused-ring (bicyclic) bond motifs is 1. The fourth-order valence-electron chi connectivity index (χ4n) is 4.90. The van der Waals surface area contributed by atoms with E-state index in [2.05, 4.69) is 117 Å². The zero-order valence-electron chi connectivity index (χ0n) is 19.7. The number of aryl methyl sites for hydroxylation is 1. The number of hydrogen-bond acceptors (Lipinski definition) is 0. The van der Waals surface area contributed by atoms with Crippen molar-refractivity contribution in [1.82, 2.24) is 0 Å². The number of benzene rings is 3. The highest BCUT2D eigenvalue weighted by Crippen LogP contribution is 2.60. The molecule has 3 aromatic carbocycles. The Balaban J connectivity index is 2.47. The van der Waals surface area contributed by atoms with Gasteiger partial charge in [0.1, 0.15) is 0 Å². The third kappa shape index (κ3) is 4.29. The average molecular weight is 405 g/mol. The minimum Gasteiger partial charge on any atom is -0.0633 e. The van der Waals surface area contributed by atoms with Crippen LogP contribution < -0.4 is 5.30 Å². The maximum absolute atomic E-state index is 2.42. The third-order valence-electron chi connectivity index (χ3n) is 5.66. The standard InChI is InChI=1S/C28H37P/c1-19(2)22-18-17-21-14-10-11-15-23(21)25(22)24-16-12-13-20(3)26(24)29(27(4,5)6)28(7,8)9/h10-19H,1-9H3. The van der Waals surface area contributed by atoms with E-state index in [1.807, 2.05) is 0 Å². The first kappa shape index (κ1) is 22.0. The molecule has 0 atom stereocenters. The summed E-state index contributed by atoms with van der Waals surface area (Å²) in [6, 6.07) is 20.5. The summed E-state index contributed by atoms with van der Waals surface area (Å²) >= 11 is 0. The van der Waals surface area contributed by atoms with Crippen molar-refractivity contribution in [2.24, 2.45) is 0 Å². The lowest BCUT2D eigenvalue weighted by Gasteiger charge is -2.43. The SMILES string of the molecule is Cc1cccc(-c2c(C(C)C)ccc3ccccc23)c1P(C(C)(C)C)C(C)(C)C. The van der Waals surface area contributed by atoms with Gasteiger partial charge in [-0.15, -0.1) is 0 Å². The molecule has 1 heteroatoms. The molecule has 0 nitrogen and oxygen atoms in total. The highest BCUT2D eigenvalue weighted by Gasteiger charge is 2.38. The summed E-state index contributed by atoms with van der Waals surface area (Å²) in [7, 11) is -0.390. The fraction of sp³-hybridized carbons (Fsp3) is 0.429. The van der Waals surface area contributed by atoms with Gasteiger partial charge < -0.3 is 0 Å². The summed E-state index contributed by atoms with van der Waals surface area (Å²) < 4.78 is 0. The molecule has 0 aromatic heterocycles. The molecular formula is C28H37P. The van der Waals surface area contributed by atoms with E-state index >= 15 is 0 Å². The van der Waals surface area contributed by atoms with Crippen LogP contribution in [0.1, 0.15) is 72.4 Å². The van der Waals surface area contributed by atoms with Crippen molar-refractivity contribution in [3.8, 4) is 11.1 Å². The molecule has 0 fully saturated rings. The van der Waals surface area contributed by atoms with Crippen molar-refractivity contribution >= 4 is 24.0 Å². The van der Waals surface area contributed by atoms with E-state index in [1.165, 1.54) is 33.0 Å². The molecule has 0 N–H and O–H groups in total. The fourth-order valence-corrected chi connectivity index (χ4v) is 9.11. The van der Waals surface area contributed by atoms with E-state index in [0.717, 1.165) is 0 Å². The summed E-state index contributed by atoms with van der Waals surface area (Å²) in [5.41, 5.74) is 5.77. The first-order valence-electron chi connectivity index (χ1n) is 10.8. The molecule has 0 bridgehead atoms. The van der Waals surface area contributed by atoms with Gasteiger partial charge in [-0.2, -0.15) is 0 Å². The molecule has 0 aliphatic heterocycles. The van der Waals surface area contributed by atoms with Crippen LogP contribution in [0.4, 0.5) is 0 Å². The second-order valence-electron chi connectivity index (χ2n) is 10.6. The lowest BCUT2D eigenvalue weighted by atomic mass is 9.88. The Bertz CT molecular complexity index is 999. The maximum atomic E-state index is 2.42. The van der Waals surface area contributed by atoms with Crippen LogP contribution in [0.2, 0.25) is 0 Å². The van der Waals surface area contributed by atoms with E-state index in [1.54, 1.807) is 5.30 Å². The molecule has 0 saturated heterocycles. The lowest BCUT2D eigenvalue weighted by Crippen LogP contribution is -2.33. The normalized spacial score (nSPS) is 12.9. The molecule has 0 aliphatic rings. The molecule has 0 radical (unpaired) electrons. The summed E-state index contributed by atoms with van der Waals surface area (Å²) in [6.07, 6.45) is 0. The van der Waals surface area contributed by atoms with Crippen LogP contribution >= 0.6 is 7.92 Å². The van der Waals surface area contributed by atoms with Crippen molar-refractivity contribution in [1.29, 1.82) is 0 Å². The van der Waals surface area contributed by atoms with Crippen molar-refractivity contribution in [2.75, 3.05) is 0 Å². The Morgan fingerprint density at radius 3 is 1.93 bits per heavy atom. The van der Waals surface area contributed by atoms with Crippen LogP contribution in [-0.4, -0.2) is 10.3 Å². The van der Waals surface area contributed by atoms with Gasteiger partial charge in [-0.05, 0) is 61.5 Å². The second kappa shape index (κ2) is 7.88. The Morgan fingerprint density at radius 1 is 0.724 bits per heavy atom. The van der Waals surface area contributed by atoms with Gasteiger partial charge in [0, 0.05) is 0 Å². The highest BCUT2D eigenvalue weighted by molar-refractivity contribution is 7.69. The first-order chi connectivity index (χ1) is 13.4. The van der Waals surface area contributed by atoms with Crippen LogP contribution in [0, 0.1) is 6.92 Å². The van der Waals surface area contributed by atoms with Crippen LogP contribution in [-0.2, 0) is 0 Å². The molecule has 0 saturated carbocycles. The predicted octanol–water partition coefficient (Wildman–Crippen LogP) is 8.64. The third-order valence-corrected chi connectivity index (χ3v) is 9.38. The number of rotatable bonds is 3. The number of hydrogen-bond donors (Lipinski definition) is 0. The minimum atomic E-state index is -0.390. The maximum Gasteiger partial charge on any atom is -0.00642 e. The van der Waals surface area contributed by atoms with Crippen LogP contribution in [0.3, 0.4) is 0 Å². The van der Waals surface area contributed by atoms with Crippen molar-refractivity contribution in [2.45, 2.75) is 78.5 Å². The molecule has 0 aliphatic carbocycles. The monoisotopic (exact) mass is 404 g/mol. The van der Waals surface area contributed by atoms with Crippen LogP contribution in [0.25, 0.3) is 21.9 Å². The summed E-state index contributed by atoms with van der Waals surface area (Å²) in [6.45, 7) is 21.5. The van der Waals surface area contributed by atoms with E-state index < -0.39 is 7.92 Å². The van der Waals surface area contributed by atoms with E-state index in [-0.39, 0.29) is 10.3 Å². The molecule has 0 amide bonds. The molecule has 29 heavy (non-hydrogen) atoms. The summed E-state index contributed by atoms with van der Waals surface area (Å²) in [5.74, 6) is 0.485. The summed E-state index contributed by atoms with van der Waals surface area (Å²) in [4.78, 5) is 0. The molecule has 0 unspecified atom stereocenters. The van der Waals surface area contributed by atoms with Gasteiger partial charge in [0.05, 0.1) is 0 Å². The summed E-state index contributed by atoms with van der Waals surface area (Å²) in [5, 5.41) is 4.76. The van der Waals surface area contributed by atoms with Crippen molar-refractivity contribution in [3.05, 3.63) is 65.7 Å². The van der Waals surface area contributed by atoms with Crippen LogP contribution in [0.15, 0.2) is 54.6 Å². The van der Waals surface area contributed by atoms with Gasteiger partial charge in [0.2, 0.25) is 0 Å². The molecule has 3 aromatic rings. The smallest absolute Gasteiger partial charge is 0.00642 e. The molecule has 0 spiro atoms. The zero-order chi connectivity index (χ0) is 21.6. The zero-order valence-corrected chi connectivity index (χ0v) is 20.6. The molecule has 3 rings (SSSR count). The Morgan fingerprint density at radius 2 is 1.34 bits per heavy atom. The van der Waals surface area contributed by atoms with E-state index in [9.17, 15) is 0 Å². The molecule has 154 valence electrons. The average Bonchev–Trinajstić information content (AvgIpc) is 2.60. The van der Waals surface area contributed by atoms with Gasteiger partial charge in [-0.3, -0.25) is 0 Å². The highest BCUT2D eigenvalue weighted by atomic mass is 31.1. The van der Waals surface area contributed by atoms with Gasteiger partial charge in [0.15, 0.2) is 0 Å². The Kier molecular flexibility index (Phi) is 5.99. The van der Waals surface area contributed by atoms with Crippen molar-refractivity contribution < 1.29 is 0 Å². The van der Waals surface area contributed by atoms with Crippen molar-refractivity contribution in [3.63, 3.8) is 0 Å². The van der Waals surface area contributed by atoms with E-state index in [0.29, 0.717) is 5.92 Å². The minimum absolute atomic E-state index is 0.233. The predicted molar refractivity (Wildman–Crippen MR) is 134 cm³/mol. The van der Waals surface area contributed by atoms with Gasteiger partial charge in [-0.1, -0.05) is 118 Å². The Hall–Kier alpha value is -1.65. The lowest BCUT2D eigenvalue weighted by molar-refractivity contribution is 0.714. The molecule has 0 heterocycles. The second-order valence-corrected chi connectivity index (χ2v) is 14.4. The Labute approximate surface area is 179 Å². The van der Waals surface area contributed by atoms with Gasteiger partial charge in [-0.25, -0.2) is 0 Å². The quantitative estimate of drug-likeness (QED) is 0.383. The van der Waals surface area contributed by atoms with Crippen LogP contribution in [0.5, 0.6) is 0 Å². The largest absolute Gasteiger partial charge is 0.0633 e. The molecular weight excluding hydrogens is 367 g/mol.